The molecule has 4 heteroatoms. The SMILES string of the molecule is CCC(C)C(=O)NCC(N)O. The van der Waals surface area contributed by atoms with Crippen LogP contribution in [-0.4, -0.2) is 23.8 Å². The average Bonchev–Trinajstić information content (AvgIpc) is 1.98. The Hall–Kier alpha value is -0.610. The Morgan fingerprint density at radius 2 is 2.27 bits per heavy atom. The number of aliphatic hydroxyl groups is 1. The van der Waals surface area contributed by atoms with Crippen LogP contribution in [0.2, 0.25) is 0 Å². The van der Waals surface area contributed by atoms with Crippen LogP contribution in [0.5, 0.6) is 0 Å². The van der Waals surface area contributed by atoms with Crippen molar-refractivity contribution in [2.24, 2.45) is 11.7 Å². The van der Waals surface area contributed by atoms with Gasteiger partial charge in [-0.25, -0.2) is 0 Å². The maximum absolute atomic E-state index is 11.0. The zero-order valence-electron chi connectivity index (χ0n) is 7.00. The van der Waals surface area contributed by atoms with Crippen LogP contribution < -0.4 is 11.1 Å². The van der Waals surface area contributed by atoms with Crippen LogP contribution in [0.15, 0.2) is 0 Å². The summed E-state index contributed by atoms with van der Waals surface area (Å²) in [6, 6.07) is 0. The average molecular weight is 160 g/mol. The van der Waals surface area contributed by atoms with Crippen LogP contribution in [0.4, 0.5) is 0 Å². The van der Waals surface area contributed by atoms with Crippen molar-refractivity contribution in [2.75, 3.05) is 6.54 Å². The maximum Gasteiger partial charge on any atom is 0.222 e. The van der Waals surface area contributed by atoms with E-state index in [1.165, 1.54) is 0 Å². The van der Waals surface area contributed by atoms with E-state index >= 15 is 0 Å². The molecule has 11 heavy (non-hydrogen) atoms. The van der Waals surface area contributed by atoms with Crippen molar-refractivity contribution in [3.05, 3.63) is 0 Å². The highest BCUT2D eigenvalue weighted by Crippen LogP contribution is 1.98. The lowest BCUT2D eigenvalue weighted by Crippen LogP contribution is -2.39. The number of hydrogen-bond acceptors (Lipinski definition) is 3. The number of rotatable bonds is 4. The van der Waals surface area contributed by atoms with Gasteiger partial charge in [-0.2, -0.15) is 0 Å². The molecule has 0 aromatic heterocycles. The summed E-state index contributed by atoms with van der Waals surface area (Å²) in [5.74, 6) is -0.0641. The first kappa shape index (κ1) is 10.4. The van der Waals surface area contributed by atoms with Gasteiger partial charge in [0.15, 0.2) is 0 Å². The smallest absolute Gasteiger partial charge is 0.222 e. The summed E-state index contributed by atoms with van der Waals surface area (Å²) < 4.78 is 0. The van der Waals surface area contributed by atoms with E-state index in [0.717, 1.165) is 6.42 Å². The maximum atomic E-state index is 11.0. The molecule has 0 radical (unpaired) electrons. The highest BCUT2D eigenvalue weighted by molar-refractivity contribution is 5.78. The topological polar surface area (TPSA) is 75.4 Å². The minimum Gasteiger partial charge on any atom is -0.377 e. The second kappa shape index (κ2) is 5.09. The molecule has 0 spiro atoms. The summed E-state index contributed by atoms with van der Waals surface area (Å²) >= 11 is 0. The summed E-state index contributed by atoms with van der Waals surface area (Å²) in [6.07, 6.45) is -0.157. The lowest BCUT2D eigenvalue weighted by molar-refractivity contribution is -0.125. The van der Waals surface area contributed by atoms with Gasteiger partial charge in [0.2, 0.25) is 5.91 Å². The summed E-state index contributed by atoms with van der Waals surface area (Å²) in [5.41, 5.74) is 5.02. The molecule has 2 unspecified atom stereocenters. The van der Waals surface area contributed by atoms with E-state index in [4.69, 9.17) is 10.8 Å². The Kier molecular flexibility index (Phi) is 4.81. The van der Waals surface area contributed by atoms with Crippen molar-refractivity contribution < 1.29 is 9.90 Å². The third-order valence-corrected chi connectivity index (χ3v) is 1.55. The molecule has 0 aliphatic carbocycles. The number of nitrogens with one attached hydrogen (secondary N) is 1. The molecule has 0 saturated heterocycles. The Bertz CT molecular complexity index is 126. The van der Waals surface area contributed by atoms with Gasteiger partial charge in [0.05, 0.1) is 6.54 Å². The van der Waals surface area contributed by atoms with E-state index in [-0.39, 0.29) is 18.4 Å². The van der Waals surface area contributed by atoms with Gasteiger partial charge in [-0.3, -0.25) is 4.79 Å². The normalized spacial score (nSPS) is 15.6. The summed E-state index contributed by atoms with van der Waals surface area (Å²) in [5, 5.41) is 11.1. The molecule has 66 valence electrons. The monoisotopic (exact) mass is 160 g/mol. The zero-order chi connectivity index (χ0) is 8.85. The van der Waals surface area contributed by atoms with Gasteiger partial charge < -0.3 is 16.2 Å². The molecule has 0 aliphatic rings. The predicted octanol–water partition coefficient (Wildman–Crippen LogP) is -0.574. The van der Waals surface area contributed by atoms with Crippen LogP contribution in [0.3, 0.4) is 0 Å². The van der Waals surface area contributed by atoms with Crippen LogP contribution in [0.1, 0.15) is 20.3 Å². The molecule has 0 aliphatic heterocycles. The Morgan fingerprint density at radius 1 is 1.73 bits per heavy atom. The van der Waals surface area contributed by atoms with E-state index in [0.29, 0.717) is 0 Å². The van der Waals surface area contributed by atoms with Gasteiger partial charge in [0, 0.05) is 5.92 Å². The molecule has 0 heterocycles. The van der Waals surface area contributed by atoms with Gasteiger partial charge in [0.25, 0.3) is 0 Å². The first-order valence-corrected chi connectivity index (χ1v) is 3.79. The Morgan fingerprint density at radius 3 is 2.64 bits per heavy atom. The van der Waals surface area contributed by atoms with Crippen molar-refractivity contribution >= 4 is 5.91 Å². The van der Waals surface area contributed by atoms with E-state index in [2.05, 4.69) is 5.32 Å². The van der Waals surface area contributed by atoms with E-state index in [9.17, 15) is 4.79 Å². The fourth-order valence-electron chi connectivity index (χ4n) is 0.565. The van der Waals surface area contributed by atoms with E-state index in [1.54, 1.807) is 0 Å². The number of nitrogens with two attached hydrogens (primary N) is 1. The van der Waals surface area contributed by atoms with Crippen molar-refractivity contribution in [3.8, 4) is 0 Å². The lowest BCUT2D eigenvalue weighted by atomic mass is 10.1. The van der Waals surface area contributed by atoms with Crippen molar-refractivity contribution in [3.63, 3.8) is 0 Å². The molecule has 0 fully saturated rings. The van der Waals surface area contributed by atoms with E-state index in [1.807, 2.05) is 13.8 Å². The molecule has 1 amide bonds. The molecular weight excluding hydrogens is 144 g/mol. The quantitative estimate of drug-likeness (QED) is 0.482. The molecule has 0 aromatic carbocycles. The zero-order valence-corrected chi connectivity index (χ0v) is 7.00. The predicted molar refractivity (Wildman–Crippen MR) is 42.7 cm³/mol. The fraction of sp³-hybridized carbons (Fsp3) is 0.857. The molecule has 2 atom stereocenters. The molecular formula is C7H16N2O2. The number of aliphatic hydroxyl groups excluding tert-OH is 1. The third kappa shape index (κ3) is 4.75. The molecule has 0 saturated carbocycles. The molecule has 0 rings (SSSR count). The molecule has 0 bridgehead atoms. The first-order chi connectivity index (χ1) is 5.07. The number of hydrogen-bond donors (Lipinski definition) is 3. The highest BCUT2D eigenvalue weighted by atomic mass is 16.3. The highest BCUT2D eigenvalue weighted by Gasteiger charge is 2.09. The Labute approximate surface area is 66.8 Å². The number of amides is 1. The van der Waals surface area contributed by atoms with Gasteiger partial charge in [-0.05, 0) is 6.42 Å². The van der Waals surface area contributed by atoms with Crippen LogP contribution in [0, 0.1) is 5.92 Å². The summed E-state index contributed by atoms with van der Waals surface area (Å²) in [6.45, 7) is 3.89. The molecule has 4 N–H and O–H groups in total. The van der Waals surface area contributed by atoms with Crippen LogP contribution in [-0.2, 0) is 4.79 Å². The summed E-state index contributed by atoms with van der Waals surface area (Å²) in [7, 11) is 0. The minimum atomic E-state index is -0.956. The second-order valence-corrected chi connectivity index (χ2v) is 2.62. The number of carbonyl (C=O) groups is 1. The fourth-order valence-corrected chi connectivity index (χ4v) is 0.565. The third-order valence-electron chi connectivity index (χ3n) is 1.55. The van der Waals surface area contributed by atoms with Crippen molar-refractivity contribution in [1.82, 2.24) is 5.32 Å². The van der Waals surface area contributed by atoms with Crippen LogP contribution in [0.25, 0.3) is 0 Å². The standard InChI is InChI=1S/C7H16N2O2/c1-3-5(2)7(11)9-4-6(8)10/h5-6,10H,3-4,8H2,1-2H3,(H,9,11). The molecule has 0 aromatic rings. The van der Waals surface area contributed by atoms with Crippen LogP contribution >= 0.6 is 0 Å². The van der Waals surface area contributed by atoms with Gasteiger partial charge in [-0.1, -0.05) is 13.8 Å². The largest absolute Gasteiger partial charge is 0.377 e. The van der Waals surface area contributed by atoms with Crippen molar-refractivity contribution in [2.45, 2.75) is 26.5 Å². The Balaban J connectivity index is 3.52. The molecule has 4 nitrogen and oxygen atoms in total. The summed E-state index contributed by atoms with van der Waals surface area (Å²) in [4.78, 5) is 11.0. The van der Waals surface area contributed by atoms with Crippen molar-refractivity contribution in [1.29, 1.82) is 0 Å². The van der Waals surface area contributed by atoms with Gasteiger partial charge >= 0.3 is 0 Å². The number of carbonyl (C=O) groups excluding carboxylic acids is 1. The van der Waals surface area contributed by atoms with Gasteiger partial charge in [0.1, 0.15) is 6.23 Å². The minimum absolute atomic E-state index is 0.00579. The lowest BCUT2D eigenvalue weighted by Gasteiger charge is -2.10. The second-order valence-electron chi connectivity index (χ2n) is 2.62. The van der Waals surface area contributed by atoms with Gasteiger partial charge in [-0.15, -0.1) is 0 Å². The first-order valence-electron chi connectivity index (χ1n) is 3.79. The van der Waals surface area contributed by atoms with E-state index < -0.39 is 6.23 Å².